The molecule has 13 rings (SSSR count). The van der Waals surface area contributed by atoms with Crippen molar-refractivity contribution in [2.45, 2.75) is 491 Å². The first kappa shape index (κ1) is 147. The fraction of sp³-hybridized carbons (Fsp3) is 0.983. The summed E-state index contributed by atoms with van der Waals surface area (Å²) in [4.78, 5) is 65.7. The summed E-state index contributed by atoms with van der Waals surface area (Å²) in [5.41, 5.74) is 10.5. The van der Waals surface area contributed by atoms with E-state index in [0.29, 0.717) is 109 Å². The van der Waals surface area contributed by atoms with E-state index in [1.807, 2.05) is 0 Å². The minimum absolute atomic E-state index is 0. The van der Waals surface area contributed by atoms with Gasteiger partial charge in [-0.25, -0.2) is 0 Å². The lowest BCUT2D eigenvalue weighted by Crippen LogP contribution is -2.55. The van der Waals surface area contributed by atoms with Gasteiger partial charge in [0.1, 0.15) is 0 Å². The van der Waals surface area contributed by atoms with Gasteiger partial charge in [-0.05, 0) is 312 Å². The van der Waals surface area contributed by atoms with Crippen molar-refractivity contribution in [3.05, 3.63) is 0 Å². The third-order valence-corrected chi connectivity index (χ3v) is 33.4. The van der Waals surface area contributed by atoms with Crippen LogP contribution in [-0.2, 0) is 23.8 Å². The molecule has 13 heterocycles. The first-order valence-corrected chi connectivity index (χ1v) is 60.9. The van der Waals surface area contributed by atoms with Crippen LogP contribution in [0, 0.1) is 0 Å². The second-order valence-electron chi connectivity index (χ2n) is 48.5. The number of nitrogens with zero attached hydrogens (tertiary/aromatic N) is 18. The summed E-state index contributed by atoms with van der Waals surface area (Å²) in [6, 6.07) is 13.5. The Labute approximate surface area is 924 Å². The number of primary amides is 2. The summed E-state index contributed by atoms with van der Waals surface area (Å²) in [6.07, 6.45) is 16.5. The van der Waals surface area contributed by atoms with Crippen molar-refractivity contribution in [2.24, 2.45) is 11.5 Å². The molecule has 0 aromatic heterocycles. The number of piperazine rings is 8. The highest BCUT2D eigenvalue weighted by Crippen LogP contribution is 2.24. The Hall–Kier alpha value is -2.10. The summed E-state index contributed by atoms with van der Waals surface area (Å²) in [7, 11) is 10.9. The van der Waals surface area contributed by atoms with Crippen LogP contribution in [-0.4, -0.2) is 545 Å². The predicted octanol–water partition coefficient (Wildman–Crippen LogP) is 13.3. The van der Waals surface area contributed by atoms with Crippen LogP contribution in [0.1, 0.15) is 333 Å². The van der Waals surface area contributed by atoms with E-state index in [2.05, 4.69) is 382 Å². The van der Waals surface area contributed by atoms with Crippen LogP contribution in [0.5, 0.6) is 0 Å². The molecule has 9 N–H and O–H groups in total. The first-order chi connectivity index (χ1) is 69.9. The molecule has 13 atom stereocenters. The number of likely N-dealkylation sites (tertiary alicyclic amines) is 2. The number of hydrogen-bond donors (Lipinski definition) is 7. The molecule has 13 aliphatic rings. The van der Waals surface area contributed by atoms with Gasteiger partial charge in [0, 0.05) is 323 Å². The molecule has 149 heavy (non-hydrogen) atoms. The maximum atomic E-state index is 10.9. The summed E-state index contributed by atoms with van der Waals surface area (Å²) in [6.45, 7) is 119. The van der Waals surface area contributed by atoms with E-state index in [-0.39, 0.29) is 44.5 Å². The highest BCUT2D eigenvalue weighted by atomic mass is 16.5. The zero-order chi connectivity index (χ0) is 112. The van der Waals surface area contributed by atoms with Crippen molar-refractivity contribution < 1.29 is 34.0 Å². The van der Waals surface area contributed by atoms with E-state index in [1.165, 1.54) is 137 Å². The summed E-state index contributed by atoms with van der Waals surface area (Å²) < 4.78 is 16.7. The number of morpholine rings is 3. The quantitative estimate of drug-likeness (QED) is 0.0425. The topological polar surface area (TPSA) is 249 Å². The summed E-state index contributed by atoms with van der Waals surface area (Å²) in [5.74, 6) is -0.340. The van der Waals surface area contributed by atoms with Crippen molar-refractivity contribution in [1.29, 1.82) is 0 Å². The SMILES string of the molecule is C.CC(C)N1CCC[C@@H]1C(N)=O.CC(C)N1CCC[C@H]1C(N)=O.CC(C)N1CCN(C)C[C@@H]1CO.CC(C)N1CCN(C)C[C@H]1CO.CCC1CN(C(C)C)CCN1.CCC1CN(C(C)C)CCN1C.CCC1CN(C(C)C)CCO1.CC[C@@H]1CN(C(C)C)CCN1.CC[C@@H]1CN(C(C)C)CCN1C.CC[C@@H]1CN(C(C)C)CCO1.CC[C@H]1CN(C(C)C)CCN1.CC[C@H]1CN(C(C)C)CCN1C.CC[C@H]1CN(C(C)C)CCO1. The van der Waals surface area contributed by atoms with Crippen LogP contribution in [0.2, 0.25) is 0 Å². The van der Waals surface area contributed by atoms with Crippen LogP contribution < -0.4 is 27.4 Å². The van der Waals surface area contributed by atoms with E-state index in [4.69, 9.17) is 35.9 Å². The minimum atomic E-state index is -0.170. The second-order valence-corrected chi connectivity index (χ2v) is 48.5. The maximum Gasteiger partial charge on any atom is 0.234 e. The molecule has 0 bridgehead atoms. The summed E-state index contributed by atoms with van der Waals surface area (Å²) in [5, 5.41) is 28.9. The number of nitrogens with one attached hydrogen (secondary N) is 3. The number of carbonyl (C=O) groups excluding carboxylic acids is 2. The molecule has 13 aliphatic heterocycles. The molecule has 30 heteroatoms. The van der Waals surface area contributed by atoms with Crippen LogP contribution in [0.4, 0.5) is 0 Å². The maximum absolute atomic E-state index is 10.9. The molecule has 892 valence electrons. The predicted molar refractivity (Wildman–Crippen MR) is 642 cm³/mol. The standard InChI is InChI=1S/3C10H22N2.2C9H20N2O.3C9H20N2.3C9H19NO.2C8H16N2O.CH4/c3*1-5-10-8-12(9(2)3)7-6-11(10)4;2*1-8(2)11-5-4-10(3)6-9(11)7-12;3*1-4-9-7-11(8(2)3)6-5-10-9;3*1-4-9-7-10(8(2)3)5-6-11-9;2*1-6(2)10-5-3-4-7(10)8(9)11;/h3*9-10H,5-8H2,1-4H3;2*8-9,12H,4-7H2,1-3H3;3*8-10H,4-7H2,1-3H3;3*8-9H,4-7H2,1-3H3;2*6-7H,3-5H2,1-2H3,(H2,9,11);1H4/t2*10-;;4*9-;;2*9-;;2*7-;/m10.1010.10.10./s1. The van der Waals surface area contributed by atoms with Gasteiger partial charge in [-0.2, -0.15) is 0 Å². The molecule has 0 aromatic rings. The minimum Gasteiger partial charge on any atom is -0.395 e. The number of rotatable bonds is 26. The molecule has 0 aromatic carbocycles. The largest absolute Gasteiger partial charge is 0.395 e. The average molecular weight is 2120 g/mol. The van der Waals surface area contributed by atoms with Gasteiger partial charge in [-0.3, -0.25) is 73.3 Å². The van der Waals surface area contributed by atoms with Crippen LogP contribution in [0.25, 0.3) is 0 Å². The summed E-state index contributed by atoms with van der Waals surface area (Å²) >= 11 is 0. The number of nitrogens with two attached hydrogens (primary N) is 2. The lowest BCUT2D eigenvalue weighted by Gasteiger charge is -2.41. The first-order valence-electron chi connectivity index (χ1n) is 60.9. The third kappa shape index (κ3) is 59.7. The van der Waals surface area contributed by atoms with Crippen molar-refractivity contribution in [3.8, 4) is 0 Å². The van der Waals surface area contributed by atoms with Gasteiger partial charge in [-0.15, -0.1) is 0 Å². The third-order valence-electron chi connectivity index (χ3n) is 33.4. The van der Waals surface area contributed by atoms with Crippen LogP contribution >= 0.6 is 0 Å². The molecule has 30 nitrogen and oxygen atoms in total. The Morgan fingerprint density at radius 3 is 0.678 bits per heavy atom. The lowest BCUT2D eigenvalue weighted by atomic mass is 10.1. The Morgan fingerprint density at radius 2 is 0.490 bits per heavy atom. The van der Waals surface area contributed by atoms with Crippen LogP contribution in [0.3, 0.4) is 0 Å². The van der Waals surface area contributed by atoms with Gasteiger partial charge in [0.2, 0.25) is 11.8 Å². The molecule has 13 saturated heterocycles. The fourth-order valence-electron chi connectivity index (χ4n) is 22.0. The zero-order valence-corrected chi connectivity index (χ0v) is 105. The van der Waals surface area contributed by atoms with Crippen molar-refractivity contribution in [1.82, 2.24) is 104 Å². The number of hydrogen-bond acceptors (Lipinski definition) is 28. The zero-order valence-electron chi connectivity index (χ0n) is 105. The average Bonchev–Trinajstić information content (AvgIpc) is 1.81. The molecule has 0 spiro atoms. The number of aliphatic hydroxyl groups is 2. The molecule has 13 fully saturated rings. The van der Waals surface area contributed by atoms with E-state index in [9.17, 15) is 9.59 Å². The normalized spacial score (nSPS) is 27.6. The molecule has 0 radical (unpaired) electrons. The number of likely N-dealkylation sites (N-methyl/N-ethyl adjacent to an activating group) is 5. The Bertz CT molecular complexity index is 2790. The van der Waals surface area contributed by atoms with Gasteiger partial charge >= 0.3 is 0 Å². The van der Waals surface area contributed by atoms with Crippen molar-refractivity contribution >= 4 is 11.8 Å². The van der Waals surface area contributed by atoms with Gasteiger partial charge in [0.25, 0.3) is 0 Å². The Morgan fingerprint density at radius 1 is 0.262 bits per heavy atom. The van der Waals surface area contributed by atoms with Crippen molar-refractivity contribution in [2.75, 3.05) is 278 Å². The Kier molecular flexibility index (Phi) is 82.0. The monoisotopic (exact) mass is 2120 g/mol. The molecule has 0 aliphatic carbocycles. The van der Waals surface area contributed by atoms with Gasteiger partial charge < -0.3 is 76.3 Å². The van der Waals surface area contributed by atoms with Crippen LogP contribution in [0.15, 0.2) is 0 Å². The highest BCUT2D eigenvalue weighted by molar-refractivity contribution is 5.80. The van der Waals surface area contributed by atoms with E-state index >= 15 is 0 Å². The molecular weight excluding hydrogens is 1860 g/mol. The van der Waals surface area contributed by atoms with Gasteiger partial charge in [-0.1, -0.05) is 69.7 Å². The van der Waals surface area contributed by atoms with E-state index in [0.717, 1.165) is 212 Å². The lowest BCUT2D eigenvalue weighted by molar-refractivity contribution is -0.123. The number of carbonyl (C=O) groups is 2. The molecule has 3 unspecified atom stereocenters. The molecule has 0 saturated carbocycles. The fourth-order valence-corrected chi connectivity index (χ4v) is 22.0. The number of aliphatic hydroxyl groups excluding tert-OH is 2. The number of amides is 2. The second kappa shape index (κ2) is 83.2. The van der Waals surface area contributed by atoms with E-state index < -0.39 is 0 Å². The highest BCUT2D eigenvalue weighted by Gasteiger charge is 2.36. The van der Waals surface area contributed by atoms with E-state index in [1.54, 1.807) is 0 Å². The van der Waals surface area contributed by atoms with Gasteiger partial charge in [0.05, 0.1) is 63.4 Å². The number of ether oxygens (including phenoxy) is 3. The molecule has 2 amide bonds. The molecular formula is C119H259N23O7. The Balaban J connectivity index is 0.00000159. The van der Waals surface area contributed by atoms with Gasteiger partial charge in [0.15, 0.2) is 0 Å². The van der Waals surface area contributed by atoms with Crippen molar-refractivity contribution in [3.63, 3.8) is 0 Å². The smallest absolute Gasteiger partial charge is 0.234 e.